The van der Waals surface area contributed by atoms with Gasteiger partial charge in [-0.25, -0.2) is 0 Å². The van der Waals surface area contributed by atoms with Crippen LogP contribution in [0.15, 0.2) is 18.2 Å². The maximum atomic E-state index is 3.17. The summed E-state index contributed by atoms with van der Waals surface area (Å²) < 4.78 is 0. The van der Waals surface area contributed by atoms with Crippen LogP contribution in [0.25, 0.3) is 0 Å². The molecular formula is C8H9Fe-. The van der Waals surface area contributed by atoms with Crippen molar-refractivity contribution >= 4 is 0 Å². The van der Waals surface area contributed by atoms with Crippen LogP contribution < -0.4 is 0 Å². The second kappa shape index (κ2) is 3.71. The third kappa shape index (κ3) is 2.69. The molecular weight excluding hydrogens is 152 g/mol. The number of hydrogen-bond donors (Lipinski definition) is 0. The van der Waals surface area contributed by atoms with Crippen molar-refractivity contribution in [2.45, 2.75) is 13.8 Å². The molecule has 0 aliphatic carbocycles. The molecule has 1 aromatic rings. The van der Waals surface area contributed by atoms with Gasteiger partial charge in [-0.15, -0.1) is 0 Å². The molecule has 0 atom stereocenters. The van der Waals surface area contributed by atoms with Crippen molar-refractivity contribution in [2.24, 2.45) is 0 Å². The van der Waals surface area contributed by atoms with E-state index in [9.17, 15) is 0 Å². The van der Waals surface area contributed by atoms with E-state index < -0.39 is 0 Å². The van der Waals surface area contributed by atoms with Crippen molar-refractivity contribution in [3.05, 3.63) is 35.4 Å². The van der Waals surface area contributed by atoms with E-state index in [-0.39, 0.29) is 17.1 Å². The average molecular weight is 161 g/mol. The van der Waals surface area contributed by atoms with Gasteiger partial charge >= 0.3 is 0 Å². The van der Waals surface area contributed by atoms with Gasteiger partial charge in [0.1, 0.15) is 0 Å². The van der Waals surface area contributed by atoms with Crippen molar-refractivity contribution in [3.8, 4) is 0 Å². The molecule has 0 bridgehead atoms. The predicted molar refractivity (Wildman–Crippen MR) is 34.8 cm³/mol. The summed E-state index contributed by atoms with van der Waals surface area (Å²) in [5.74, 6) is 0. The van der Waals surface area contributed by atoms with Crippen LogP contribution in [0.5, 0.6) is 0 Å². The normalized spacial score (nSPS) is 8.22. The smallest absolute Gasteiger partial charge is 0 e. The van der Waals surface area contributed by atoms with Crippen LogP contribution in [0.2, 0.25) is 0 Å². The summed E-state index contributed by atoms with van der Waals surface area (Å²) in [6.07, 6.45) is 0. The molecule has 1 aromatic carbocycles. The summed E-state index contributed by atoms with van der Waals surface area (Å²) in [4.78, 5) is 0. The van der Waals surface area contributed by atoms with Gasteiger partial charge in [-0.1, -0.05) is 13.8 Å². The van der Waals surface area contributed by atoms with Crippen molar-refractivity contribution in [1.29, 1.82) is 0 Å². The summed E-state index contributed by atoms with van der Waals surface area (Å²) in [5.41, 5.74) is 2.43. The summed E-state index contributed by atoms with van der Waals surface area (Å²) in [5, 5.41) is 0. The monoisotopic (exact) mass is 161 g/mol. The molecule has 1 rings (SSSR count). The molecule has 0 aromatic heterocycles. The van der Waals surface area contributed by atoms with Gasteiger partial charge in [0, 0.05) is 17.1 Å². The second-order valence-electron chi connectivity index (χ2n) is 2.02. The van der Waals surface area contributed by atoms with Crippen LogP contribution in [0.4, 0.5) is 0 Å². The summed E-state index contributed by atoms with van der Waals surface area (Å²) >= 11 is 0. The zero-order valence-corrected chi connectivity index (χ0v) is 6.69. The van der Waals surface area contributed by atoms with E-state index in [0.29, 0.717) is 0 Å². The van der Waals surface area contributed by atoms with Gasteiger partial charge in [0.15, 0.2) is 0 Å². The Morgan fingerprint density at radius 3 is 1.78 bits per heavy atom. The fourth-order valence-electron chi connectivity index (χ4n) is 0.731. The standard InChI is InChI=1S/C8H9.Fe/c1-7-4-3-5-8(2)6-7;/h3-5H,1-2H3;/q-1;. The predicted octanol–water partition coefficient (Wildman–Crippen LogP) is 2.10. The Labute approximate surface area is 66.8 Å². The topological polar surface area (TPSA) is 0 Å². The SMILES string of the molecule is Cc1[c-]c(C)ccc1.[Fe]. The summed E-state index contributed by atoms with van der Waals surface area (Å²) in [6, 6.07) is 9.31. The van der Waals surface area contributed by atoms with E-state index in [4.69, 9.17) is 0 Å². The molecule has 0 amide bonds. The number of rotatable bonds is 0. The average Bonchev–Trinajstić information content (AvgIpc) is 1.64. The zero-order chi connectivity index (χ0) is 5.98. The third-order valence-electron chi connectivity index (χ3n) is 1.09. The fourth-order valence-corrected chi connectivity index (χ4v) is 0.731. The molecule has 1 heteroatoms. The summed E-state index contributed by atoms with van der Waals surface area (Å²) in [7, 11) is 0. The minimum Gasteiger partial charge on any atom is -0.177 e. The molecule has 0 fully saturated rings. The molecule has 0 saturated heterocycles. The zero-order valence-electron chi connectivity index (χ0n) is 5.59. The molecule has 0 unspecified atom stereocenters. The van der Waals surface area contributed by atoms with Gasteiger partial charge in [-0.05, 0) is 0 Å². The van der Waals surface area contributed by atoms with Gasteiger partial charge < -0.3 is 0 Å². The first kappa shape index (κ1) is 8.74. The first-order valence-corrected chi connectivity index (χ1v) is 2.74. The Morgan fingerprint density at radius 2 is 1.56 bits per heavy atom. The van der Waals surface area contributed by atoms with E-state index >= 15 is 0 Å². The van der Waals surface area contributed by atoms with Gasteiger partial charge in [0.2, 0.25) is 0 Å². The molecule has 0 spiro atoms. The van der Waals surface area contributed by atoms with Gasteiger partial charge in [0.05, 0.1) is 0 Å². The number of benzene rings is 1. The third-order valence-corrected chi connectivity index (χ3v) is 1.09. The molecule has 0 N–H and O–H groups in total. The molecule has 0 saturated carbocycles. The molecule has 0 heterocycles. The van der Waals surface area contributed by atoms with Crippen molar-refractivity contribution in [3.63, 3.8) is 0 Å². The Hall–Kier alpha value is -0.261. The number of aryl methyl sites for hydroxylation is 2. The van der Waals surface area contributed by atoms with Crippen LogP contribution in [-0.4, -0.2) is 0 Å². The van der Waals surface area contributed by atoms with E-state index in [2.05, 4.69) is 6.07 Å². The molecule has 9 heavy (non-hydrogen) atoms. The van der Waals surface area contributed by atoms with Crippen LogP contribution in [0.3, 0.4) is 0 Å². The van der Waals surface area contributed by atoms with Crippen LogP contribution in [-0.2, 0) is 17.1 Å². The van der Waals surface area contributed by atoms with Crippen molar-refractivity contribution in [1.82, 2.24) is 0 Å². The maximum absolute atomic E-state index is 3.17. The first-order valence-electron chi connectivity index (χ1n) is 2.74. The van der Waals surface area contributed by atoms with Gasteiger partial charge in [0.25, 0.3) is 0 Å². The van der Waals surface area contributed by atoms with E-state index in [1.165, 1.54) is 11.1 Å². The Morgan fingerprint density at radius 1 is 1.11 bits per heavy atom. The first-order chi connectivity index (χ1) is 3.79. The van der Waals surface area contributed by atoms with Crippen molar-refractivity contribution in [2.75, 3.05) is 0 Å². The maximum Gasteiger partial charge on any atom is 0 e. The molecule has 0 aliphatic heterocycles. The quantitative estimate of drug-likeness (QED) is 0.403. The van der Waals surface area contributed by atoms with Crippen molar-refractivity contribution < 1.29 is 17.1 Å². The van der Waals surface area contributed by atoms with Gasteiger partial charge in [-0.3, -0.25) is 0 Å². The van der Waals surface area contributed by atoms with E-state index in [1.54, 1.807) is 0 Å². The molecule has 50 valence electrons. The molecule has 0 aliphatic rings. The Bertz CT molecular complexity index is 164. The van der Waals surface area contributed by atoms with Crippen LogP contribution in [0.1, 0.15) is 11.1 Å². The van der Waals surface area contributed by atoms with Crippen LogP contribution >= 0.6 is 0 Å². The van der Waals surface area contributed by atoms with E-state index in [0.717, 1.165) is 0 Å². The Kier molecular flexibility index (Phi) is 3.60. The molecule has 0 nitrogen and oxygen atoms in total. The molecule has 0 radical (unpaired) electrons. The Balaban J connectivity index is 0.000000640. The number of hydrogen-bond acceptors (Lipinski definition) is 0. The fraction of sp³-hybridized carbons (Fsp3) is 0.250. The minimum absolute atomic E-state index is 0. The largest absolute Gasteiger partial charge is 0.177 e. The second-order valence-corrected chi connectivity index (χ2v) is 2.02. The van der Waals surface area contributed by atoms with E-state index in [1.807, 2.05) is 32.0 Å². The minimum atomic E-state index is 0. The van der Waals surface area contributed by atoms with Gasteiger partial charge in [-0.2, -0.15) is 35.4 Å². The summed E-state index contributed by atoms with van der Waals surface area (Å²) in [6.45, 7) is 4.10. The van der Waals surface area contributed by atoms with Crippen LogP contribution in [0, 0.1) is 19.9 Å².